The number of imidazole rings is 1. The Balaban J connectivity index is 1.86. The van der Waals surface area contributed by atoms with Gasteiger partial charge in [-0.15, -0.1) is 0 Å². The number of H-pyrrole nitrogens is 1. The van der Waals surface area contributed by atoms with Crippen molar-refractivity contribution in [2.24, 2.45) is 0 Å². The molecule has 0 aliphatic carbocycles. The van der Waals surface area contributed by atoms with Gasteiger partial charge in [0.15, 0.2) is 5.65 Å². The second-order valence-corrected chi connectivity index (χ2v) is 6.75. The quantitative estimate of drug-likeness (QED) is 0.613. The Labute approximate surface area is 151 Å². The molecular formula is C20H21N5O. The van der Waals surface area contributed by atoms with E-state index in [1.165, 1.54) is 4.52 Å². The van der Waals surface area contributed by atoms with E-state index in [2.05, 4.69) is 28.5 Å². The van der Waals surface area contributed by atoms with Crippen LogP contribution in [0.25, 0.3) is 16.8 Å². The van der Waals surface area contributed by atoms with Crippen molar-refractivity contribution in [1.82, 2.24) is 24.1 Å². The summed E-state index contributed by atoms with van der Waals surface area (Å²) in [5, 5.41) is 3.01. The zero-order valence-electron chi connectivity index (χ0n) is 15.0. The molecule has 1 N–H and O–H groups in total. The smallest absolute Gasteiger partial charge is 0.272 e. The molecule has 0 fully saturated rings. The van der Waals surface area contributed by atoms with Crippen LogP contribution in [-0.2, 0) is 0 Å². The summed E-state index contributed by atoms with van der Waals surface area (Å²) in [4.78, 5) is 21.9. The first kappa shape index (κ1) is 16.3. The van der Waals surface area contributed by atoms with Gasteiger partial charge in [-0.2, -0.15) is 0 Å². The topological polar surface area (TPSA) is 68.0 Å². The summed E-state index contributed by atoms with van der Waals surface area (Å²) in [6, 6.07) is 11.5. The molecule has 1 aromatic carbocycles. The van der Waals surface area contributed by atoms with Crippen molar-refractivity contribution in [3.05, 3.63) is 76.9 Å². The zero-order valence-corrected chi connectivity index (χ0v) is 15.0. The van der Waals surface area contributed by atoms with Crippen molar-refractivity contribution >= 4 is 5.65 Å². The summed E-state index contributed by atoms with van der Waals surface area (Å²) in [5.74, 6) is 1.28. The number of aromatic nitrogens is 5. The van der Waals surface area contributed by atoms with Crippen LogP contribution in [0.2, 0.25) is 0 Å². The van der Waals surface area contributed by atoms with Crippen molar-refractivity contribution in [3.8, 4) is 11.1 Å². The molecule has 0 saturated carbocycles. The highest BCUT2D eigenvalue weighted by Gasteiger charge is 2.18. The summed E-state index contributed by atoms with van der Waals surface area (Å²) in [7, 11) is 0. The molecule has 6 heteroatoms. The van der Waals surface area contributed by atoms with Gasteiger partial charge in [-0.3, -0.25) is 9.89 Å². The van der Waals surface area contributed by atoms with Crippen LogP contribution in [0.15, 0.2) is 59.8 Å². The SMILES string of the molecule is CC(C)c1nccn1C(C)c1cc(=O)n2[nH]cc(-c3ccccc3)c2n1. The first-order chi connectivity index (χ1) is 12.6. The third-order valence-corrected chi connectivity index (χ3v) is 4.66. The van der Waals surface area contributed by atoms with E-state index in [1.807, 2.05) is 49.6 Å². The van der Waals surface area contributed by atoms with E-state index in [9.17, 15) is 4.79 Å². The van der Waals surface area contributed by atoms with E-state index in [0.717, 1.165) is 22.6 Å². The van der Waals surface area contributed by atoms with Gasteiger partial charge in [-0.05, 0) is 12.5 Å². The summed E-state index contributed by atoms with van der Waals surface area (Å²) in [5.41, 5.74) is 3.17. The molecule has 0 saturated heterocycles. The van der Waals surface area contributed by atoms with Crippen LogP contribution < -0.4 is 5.56 Å². The number of benzene rings is 1. The third kappa shape index (κ3) is 2.63. The van der Waals surface area contributed by atoms with Crippen molar-refractivity contribution in [3.63, 3.8) is 0 Å². The number of hydrogen-bond donors (Lipinski definition) is 1. The Morgan fingerprint density at radius 3 is 2.62 bits per heavy atom. The fraction of sp³-hybridized carbons (Fsp3) is 0.250. The summed E-state index contributed by atoms with van der Waals surface area (Å²) in [6.07, 6.45) is 5.56. The predicted molar refractivity (Wildman–Crippen MR) is 101 cm³/mol. The highest BCUT2D eigenvalue weighted by atomic mass is 16.1. The molecule has 3 aromatic heterocycles. The van der Waals surface area contributed by atoms with Crippen molar-refractivity contribution in [2.75, 3.05) is 0 Å². The van der Waals surface area contributed by atoms with E-state index in [1.54, 1.807) is 12.3 Å². The summed E-state index contributed by atoms with van der Waals surface area (Å²) in [6.45, 7) is 6.26. The van der Waals surface area contributed by atoms with Crippen molar-refractivity contribution < 1.29 is 0 Å². The average Bonchev–Trinajstić information content (AvgIpc) is 3.29. The zero-order chi connectivity index (χ0) is 18.3. The molecule has 3 heterocycles. The Bertz CT molecular complexity index is 1100. The van der Waals surface area contributed by atoms with E-state index < -0.39 is 0 Å². The minimum Gasteiger partial charge on any atom is -0.326 e. The first-order valence-corrected chi connectivity index (χ1v) is 8.75. The van der Waals surface area contributed by atoms with Crippen LogP contribution in [0.4, 0.5) is 0 Å². The van der Waals surface area contributed by atoms with Gasteiger partial charge in [-0.1, -0.05) is 44.2 Å². The molecule has 1 unspecified atom stereocenters. The Morgan fingerprint density at radius 1 is 1.12 bits per heavy atom. The van der Waals surface area contributed by atoms with E-state index in [4.69, 9.17) is 4.98 Å². The number of nitrogens with one attached hydrogen (secondary N) is 1. The normalized spacial score (nSPS) is 12.8. The number of fused-ring (bicyclic) bond motifs is 1. The standard InChI is InChI=1S/C20H21N5O/c1-13(2)19-21-9-10-24(19)14(3)17-11-18(26)25-20(23-17)16(12-22-25)15-7-5-4-6-8-15/h4-14,22H,1-3H3. The average molecular weight is 347 g/mol. The molecule has 0 amide bonds. The van der Waals surface area contributed by atoms with Crippen LogP contribution in [0.5, 0.6) is 0 Å². The van der Waals surface area contributed by atoms with Crippen LogP contribution in [-0.4, -0.2) is 24.1 Å². The van der Waals surface area contributed by atoms with Gasteiger partial charge in [0.25, 0.3) is 5.56 Å². The molecule has 6 nitrogen and oxygen atoms in total. The van der Waals surface area contributed by atoms with Gasteiger partial charge < -0.3 is 4.57 Å². The molecule has 0 aliphatic heterocycles. The van der Waals surface area contributed by atoms with Gasteiger partial charge in [0.2, 0.25) is 0 Å². The van der Waals surface area contributed by atoms with E-state index in [0.29, 0.717) is 11.6 Å². The number of nitrogens with zero attached hydrogens (tertiary/aromatic N) is 4. The van der Waals surface area contributed by atoms with Crippen molar-refractivity contribution in [1.29, 1.82) is 0 Å². The van der Waals surface area contributed by atoms with Crippen LogP contribution in [0.3, 0.4) is 0 Å². The molecule has 0 radical (unpaired) electrons. The lowest BCUT2D eigenvalue weighted by Crippen LogP contribution is -2.19. The largest absolute Gasteiger partial charge is 0.326 e. The third-order valence-electron chi connectivity index (χ3n) is 4.66. The lowest BCUT2D eigenvalue weighted by atomic mass is 10.1. The minimum atomic E-state index is -0.120. The number of aromatic amines is 1. The monoisotopic (exact) mass is 347 g/mol. The highest BCUT2D eigenvalue weighted by molar-refractivity contribution is 5.76. The fourth-order valence-corrected chi connectivity index (χ4v) is 3.29. The van der Waals surface area contributed by atoms with Crippen molar-refractivity contribution in [2.45, 2.75) is 32.7 Å². The molecule has 0 spiro atoms. The minimum absolute atomic E-state index is 0.0777. The van der Waals surface area contributed by atoms with E-state index >= 15 is 0 Å². The molecular weight excluding hydrogens is 326 g/mol. The maximum Gasteiger partial charge on any atom is 0.272 e. The summed E-state index contributed by atoms with van der Waals surface area (Å²) < 4.78 is 3.56. The number of rotatable bonds is 4. The van der Waals surface area contributed by atoms with Gasteiger partial charge >= 0.3 is 0 Å². The van der Waals surface area contributed by atoms with Gasteiger partial charge in [0.05, 0.1) is 11.7 Å². The molecule has 0 aliphatic rings. The Morgan fingerprint density at radius 2 is 1.88 bits per heavy atom. The van der Waals surface area contributed by atoms with Gasteiger partial charge in [-0.25, -0.2) is 14.5 Å². The molecule has 1 atom stereocenters. The highest BCUT2D eigenvalue weighted by Crippen LogP contribution is 2.25. The second-order valence-electron chi connectivity index (χ2n) is 6.75. The molecule has 26 heavy (non-hydrogen) atoms. The number of hydrogen-bond acceptors (Lipinski definition) is 3. The molecule has 0 bridgehead atoms. The first-order valence-electron chi connectivity index (χ1n) is 8.75. The lowest BCUT2D eigenvalue weighted by molar-refractivity contribution is 0.565. The second kappa shape index (κ2) is 6.29. The molecule has 132 valence electrons. The van der Waals surface area contributed by atoms with Gasteiger partial charge in [0, 0.05) is 36.1 Å². The van der Waals surface area contributed by atoms with E-state index in [-0.39, 0.29) is 11.6 Å². The molecule has 4 rings (SSSR count). The summed E-state index contributed by atoms with van der Waals surface area (Å²) >= 11 is 0. The van der Waals surface area contributed by atoms with Crippen LogP contribution in [0.1, 0.15) is 44.2 Å². The van der Waals surface area contributed by atoms with Crippen LogP contribution >= 0.6 is 0 Å². The molecule has 4 aromatic rings. The predicted octanol–water partition coefficient (Wildman–Crippen LogP) is 3.62. The van der Waals surface area contributed by atoms with Crippen LogP contribution in [0, 0.1) is 0 Å². The lowest BCUT2D eigenvalue weighted by Gasteiger charge is -2.17. The maximum atomic E-state index is 12.6. The van der Waals surface area contributed by atoms with Gasteiger partial charge in [0.1, 0.15) is 5.82 Å². The fourth-order valence-electron chi connectivity index (χ4n) is 3.29. The Hall–Kier alpha value is -3.15. The maximum absolute atomic E-state index is 12.6. The Kier molecular flexibility index (Phi) is 3.95.